The Bertz CT molecular complexity index is 7570. The van der Waals surface area contributed by atoms with E-state index in [1.807, 2.05) is 156 Å². The summed E-state index contributed by atoms with van der Waals surface area (Å²) in [6.07, 6.45) is 8.35. The molecule has 0 atom stereocenters. The van der Waals surface area contributed by atoms with Gasteiger partial charge < -0.3 is 19.6 Å². The number of hydrogen-bond acceptors (Lipinski definition) is 7. The number of imidazole rings is 2. The molecule has 3 aliphatic rings. The molecule has 14 heteroatoms. The predicted molar refractivity (Wildman–Crippen MR) is 480 cm³/mol. The van der Waals surface area contributed by atoms with E-state index in [4.69, 9.17) is 19.7 Å². The number of aliphatic hydroxyl groups is 1. The van der Waals surface area contributed by atoms with Crippen LogP contribution in [0.2, 0.25) is 0 Å². The van der Waals surface area contributed by atoms with E-state index >= 15 is 0 Å². The number of aromatic nitrogens is 8. The van der Waals surface area contributed by atoms with Gasteiger partial charge in [0.25, 0.3) is 5.65 Å². The first-order chi connectivity index (χ1) is 59.1. The van der Waals surface area contributed by atoms with Gasteiger partial charge in [0.2, 0.25) is 11.4 Å². The third kappa shape index (κ3) is 16.4. The molecule has 0 spiro atoms. The standard InChI is InChI=1S/C20H13N2.C19H13N2.C18H12NS.C17H10NS.C12H10N.C11H8N.C5H8O2.2CH4.2Ir/c1-2-9-16-14(7-1)15-8-5-6-13-12-21-17-10-3-4-11-18(17)22(16)20(21)19(13)15;1-3-9-15(10-4-1)19-20-17-13-7-8-14-18(17)21(19)16-11-5-2-6-12-16;1-2-7-16-13(5-1)14-9-8-12-11-19-10-4-3-6-15(19)17(12)18(14)20-16;1-2-10-16-12(6-1)13-7-5-8-14(17(13)19-16)15-9-3-4-11-18-15;1-2-6-11-10(5-1)9-13-8-4-3-7-12(11)13;1-2-6-10(7-3-1)11-8-4-5-9-12-11;1-4(6)3-5(2)7;;;;/h1-11H,12H2;1-9,11-14H;1-10H,11H2;1-7,9-11H;1-8H,9H2;1-6,8-9H;3,6H,1-2H3;2*1H4;;/q+1;-1;+1;-1;+1;-1;;;;;/i;;;;1D,2D,3D,4D,5D,6D,7D;;;;;;. The molecule has 3 aliphatic heterocycles. The van der Waals surface area contributed by atoms with E-state index in [-0.39, 0.29) is 127 Å². The number of ketones is 1. The van der Waals surface area contributed by atoms with E-state index in [9.17, 15) is 4.79 Å². The molecular weight excluding hydrogens is 1840 g/mol. The van der Waals surface area contributed by atoms with Gasteiger partial charge in [-0.1, -0.05) is 190 Å². The van der Waals surface area contributed by atoms with E-state index in [2.05, 4.69) is 222 Å². The van der Waals surface area contributed by atoms with Crippen LogP contribution in [0, 0.1) is 18.2 Å². The number of allylic oxidation sites excluding steroid dienone is 2. The number of benzene rings is 12. The summed E-state index contributed by atoms with van der Waals surface area (Å²) in [5, 5.41) is 17.9. The zero-order chi connectivity index (χ0) is 82.9. The molecule has 12 aromatic carbocycles. The summed E-state index contributed by atoms with van der Waals surface area (Å²) in [4.78, 5) is 23.5. The van der Waals surface area contributed by atoms with Gasteiger partial charge in [-0.2, -0.15) is 24.9 Å². The van der Waals surface area contributed by atoms with E-state index < -0.39 is 0 Å². The quantitative estimate of drug-likeness (QED) is 0.0609. The molecule has 9 aromatic heterocycles. The molecule has 0 saturated heterocycles. The number of thiophene rings is 2. The molecule has 118 heavy (non-hydrogen) atoms. The summed E-state index contributed by atoms with van der Waals surface area (Å²) in [6.45, 7) is 5.01. The minimum Gasteiger partial charge on any atom is -0.512 e. The molecule has 2 radical (unpaired) electrons. The largest absolute Gasteiger partial charge is 0.512 e. The van der Waals surface area contributed by atoms with Crippen molar-refractivity contribution in [3.8, 4) is 62.1 Å². The first-order valence-electron chi connectivity index (χ1n) is 40.9. The number of rotatable bonds is 5. The topological polar surface area (TPSA) is 96.9 Å². The zero-order valence-electron chi connectivity index (χ0n) is 69.7. The molecule has 10 nitrogen and oxygen atoms in total. The number of fused-ring (bicyclic) bond motifs is 20. The first-order valence-corrected chi connectivity index (χ1v) is 39.0. The van der Waals surface area contributed by atoms with Crippen molar-refractivity contribution in [1.82, 2.24) is 23.9 Å². The minimum absolute atomic E-state index is 0. The molecule has 580 valence electrons. The number of hydrogen-bond donors (Lipinski definition) is 1. The van der Waals surface area contributed by atoms with E-state index in [0.29, 0.717) is 5.56 Å². The van der Waals surface area contributed by atoms with Crippen molar-refractivity contribution in [3.05, 3.63) is 411 Å². The molecular formula is C104H82Ir2N8O2S2. The van der Waals surface area contributed by atoms with Gasteiger partial charge in [-0.25, -0.2) is 4.57 Å². The van der Waals surface area contributed by atoms with E-state index in [1.165, 1.54) is 127 Å². The summed E-state index contributed by atoms with van der Waals surface area (Å²) < 4.78 is 70.9. The summed E-state index contributed by atoms with van der Waals surface area (Å²) in [7, 11) is 0. The monoisotopic (exact) mass is 1930 g/mol. The maximum atomic E-state index is 10.0. The molecule has 12 heterocycles. The molecule has 0 unspecified atom stereocenters. The van der Waals surface area contributed by atoms with Gasteiger partial charge in [0.05, 0.1) is 48.7 Å². The number of para-hydroxylation sites is 6. The van der Waals surface area contributed by atoms with Crippen molar-refractivity contribution in [1.29, 1.82) is 0 Å². The molecule has 0 aliphatic carbocycles. The number of carbonyl (C=O) groups is 1. The Morgan fingerprint density at radius 3 is 1.79 bits per heavy atom. The van der Waals surface area contributed by atoms with Gasteiger partial charge >= 0.3 is 0 Å². The number of pyridine rings is 5. The number of aliphatic hydroxyl groups excluding tert-OH is 1. The fraction of sp³-hybridized carbons (Fsp3) is 0.0673. The Labute approximate surface area is 731 Å². The fourth-order valence-electron chi connectivity index (χ4n) is 15.3. The van der Waals surface area contributed by atoms with Crippen LogP contribution in [0.4, 0.5) is 0 Å². The minimum atomic E-state index is -0.344. The van der Waals surface area contributed by atoms with Crippen LogP contribution in [0.5, 0.6) is 0 Å². The maximum Gasteiger partial charge on any atom is 0.296 e. The third-order valence-corrected chi connectivity index (χ3v) is 22.5. The van der Waals surface area contributed by atoms with Crippen LogP contribution in [0.25, 0.3) is 152 Å². The van der Waals surface area contributed by atoms with E-state index in [1.54, 1.807) is 10.8 Å². The van der Waals surface area contributed by atoms with Crippen molar-refractivity contribution in [2.24, 2.45) is 0 Å². The summed E-state index contributed by atoms with van der Waals surface area (Å²) in [6, 6.07) is 111. The van der Waals surface area contributed by atoms with Gasteiger partial charge in [0.1, 0.15) is 12.1 Å². The Morgan fingerprint density at radius 2 is 1.08 bits per heavy atom. The molecule has 0 amide bonds. The van der Waals surface area contributed by atoms with Gasteiger partial charge in [0, 0.05) is 141 Å². The van der Waals surface area contributed by atoms with Crippen LogP contribution in [0.15, 0.2) is 376 Å². The van der Waals surface area contributed by atoms with Gasteiger partial charge in [-0.3, -0.25) is 9.78 Å². The van der Waals surface area contributed by atoms with Crippen molar-refractivity contribution in [3.63, 3.8) is 0 Å². The van der Waals surface area contributed by atoms with Gasteiger partial charge in [0.15, 0.2) is 42.3 Å². The third-order valence-electron chi connectivity index (χ3n) is 20.1. The Morgan fingerprint density at radius 1 is 0.475 bits per heavy atom. The molecule has 24 rings (SSSR count). The summed E-state index contributed by atoms with van der Waals surface area (Å²) in [5.41, 5.74) is 20.2. The Hall–Kier alpha value is -12.9. The molecule has 0 saturated carbocycles. The van der Waals surface area contributed by atoms with Crippen LogP contribution in [0.3, 0.4) is 0 Å². The van der Waals surface area contributed by atoms with Gasteiger partial charge in [-0.15, -0.1) is 107 Å². The smallest absolute Gasteiger partial charge is 0.296 e. The van der Waals surface area contributed by atoms with Crippen LogP contribution >= 0.6 is 22.7 Å². The Kier molecular flexibility index (Phi) is 22.8. The van der Waals surface area contributed by atoms with Crippen LogP contribution in [0.1, 0.15) is 55.0 Å². The van der Waals surface area contributed by atoms with Crippen molar-refractivity contribution >= 4 is 118 Å². The molecule has 0 bridgehead atoms. The maximum absolute atomic E-state index is 10.0. The molecule has 0 fully saturated rings. The van der Waals surface area contributed by atoms with Gasteiger partial charge in [-0.05, 0) is 120 Å². The van der Waals surface area contributed by atoms with Crippen LogP contribution in [-0.4, -0.2) is 34.8 Å². The second-order valence-electron chi connectivity index (χ2n) is 27.4. The van der Waals surface area contributed by atoms with E-state index in [0.717, 1.165) is 63.7 Å². The summed E-state index contributed by atoms with van der Waals surface area (Å²) >= 11 is 3.73. The van der Waals surface area contributed by atoms with Crippen LogP contribution < -0.4 is 13.7 Å². The average molecular weight is 1930 g/mol. The number of nitrogens with zero attached hydrogens (tertiary/aromatic N) is 8. The first kappa shape index (κ1) is 72.8. The second kappa shape index (κ2) is 36.9. The predicted octanol–water partition coefficient (Wildman–Crippen LogP) is 24.7. The fourth-order valence-corrected chi connectivity index (χ4v) is 17.8. The zero-order valence-corrected chi connectivity index (χ0v) is 69.1. The number of carbonyl (C=O) groups excluding carboxylic acids is 1. The molecule has 1 N–H and O–H groups in total. The normalized spacial score (nSPS) is 12.2. The average Bonchev–Trinajstić information content (AvgIpc) is 1.53. The Balaban J connectivity index is 0.000000120. The molecule has 21 aromatic rings. The SMILES string of the molecule is C.C.CC(=O)C=C(C)O.[2H]c1c[n+]2c(c([2H])c1[2H])-c1c([2H])c([2H])c([2H])c([2H])c1C2.[Ir].[Ir].[c-]1ccc2c(sc3ccccc32)c1-c1ccccn1.[c-]1ccccc1-c1ccccn1.[c-]1ccccc1-c1nc2ccccc2n1-c1ccccc1.c1cc2c3c(c1)c1ccccc1n1c4ccccc4[n+](c31)C2.c1cc[n+]2c(c1)-c1c(ccc3c1sc1ccccc13)C2. The summed E-state index contributed by atoms with van der Waals surface area (Å²) in [5.74, 6) is 0.857. The van der Waals surface area contributed by atoms with Crippen molar-refractivity contribution < 1.29 is 73.4 Å². The van der Waals surface area contributed by atoms with Crippen molar-refractivity contribution in [2.45, 2.75) is 48.3 Å². The van der Waals surface area contributed by atoms with Crippen LogP contribution in [-0.2, 0) is 64.6 Å². The second-order valence-corrected chi connectivity index (χ2v) is 29.5. The van der Waals surface area contributed by atoms with Crippen molar-refractivity contribution in [2.75, 3.05) is 0 Å².